The van der Waals surface area contributed by atoms with E-state index >= 15 is 0 Å². The molecule has 19 heavy (non-hydrogen) atoms. The number of hydrogen-bond donors (Lipinski definition) is 1. The van der Waals surface area contributed by atoms with Gasteiger partial charge in [-0.2, -0.15) is 0 Å². The smallest absolute Gasteiger partial charge is 0.202 e. The van der Waals surface area contributed by atoms with Crippen LogP contribution in [0.2, 0.25) is 0 Å². The van der Waals surface area contributed by atoms with Crippen molar-refractivity contribution in [3.05, 3.63) is 16.7 Å². The van der Waals surface area contributed by atoms with E-state index in [-0.39, 0.29) is 0 Å². The standard InChI is InChI=1S/C14H19BrN4/c1-8-3-4-11(5-9(8)2)19-13-12(18-14(19)16)6-10(15)7-17-13/h6-9,11H,3-5H2,1-2H3,(H2,16,18). The van der Waals surface area contributed by atoms with Crippen LogP contribution in [0.1, 0.15) is 39.2 Å². The minimum Gasteiger partial charge on any atom is -0.369 e. The van der Waals surface area contributed by atoms with E-state index in [1.807, 2.05) is 12.3 Å². The van der Waals surface area contributed by atoms with Crippen molar-refractivity contribution in [2.24, 2.45) is 11.8 Å². The van der Waals surface area contributed by atoms with Crippen LogP contribution < -0.4 is 5.73 Å². The molecule has 1 aliphatic carbocycles. The zero-order valence-electron chi connectivity index (χ0n) is 11.3. The summed E-state index contributed by atoms with van der Waals surface area (Å²) in [6.45, 7) is 4.67. The first kappa shape index (κ1) is 12.9. The van der Waals surface area contributed by atoms with E-state index in [9.17, 15) is 0 Å². The summed E-state index contributed by atoms with van der Waals surface area (Å²) in [6, 6.07) is 2.41. The van der Waals surface area contributed by atoms with Gasteiger partial charge in [-0.25, -0.2) is 9.97 Å². The van der Waals surface area contributed by atoms with Gasteiger partial charge in [0.05, 0.1) is 0 Å². The quantitative estimate of drug-likeness (QED) is 0.869. The second kappa shape index (κ2) is 4.78. The van der Waals surface area contributed by atoms with Gasteiger partial charge in [0.2, 0.25) is 5.95 Å². The Balaban J connectivity index is 2.03. The van der Waals surface area contributed by atoms with Crippen molar-refractivity contribution in [3.63, 3.8) is 0 Å². The van der Waals surface area contributed by atoms with Gasteiger partial charge in [0, 0.05) is 16.7 Å². The number of pyridine rings is 1. The fourth-order valence-corrected chi connectivity index (χ4v) is 3.41. The van der Waals surface area contributed by atoms with E-state index in [2.05, 4.69) is 44.3 Å². The molecule has 1 fully saturated rings. The average Bonchev–Trinajstić information content (AvgIpc) is 2.68. The summed E-state index contributed by atoms with van der Waals surface area (Å²) in [4.78, 5) is 8.94. The summed E-state index contributed by atoms with van der Waals surface area (Å²) in [5.74, 6) is 2.12. The fraction of sp³-hybridized carbons (Fsp3) is 0.571. The Morgan fingerprint density at radius 2 is 2.11 bits per heavy atom. The van der Waals surface area contributed by atoms with Gasteiger partial charge in [-0.05, 0) is 53.1 Å². The topological polar surface area (TPSA) is 56.7 Å². The number of nitrogens with two attached hydrogens (primary N) is 1. The number of nitrogens with zero attached hydrogens (tertiary/aromatic N) is 3. The molecule has 3 atom stereocenters. The average molecular weight is 323 g/mol. The maximum atomic E-state index is 6.11. The summed E-state index contributed by atoms with van der Waals surface area (Å²) in [7, 11) is 0. The lowest BCUT2D eigenvalue weighted by Crippen LogP contribution is -2.24. The van der Waals surface area contributed by atoms with Crippen molar-refractivity contribution < 1.29 is 0 Å². The molecule has 3 unspecified atom stereocenters. The van der Waals surface area contributed by atoms with Crippen molar-refractivity contribution in [1.29, 1.82) is 0 Å². The molecule has 4 nitrogen and oxygen atoms in total. The Morgan fingerprint density at radius 3 is 2.84 bits per heavy atom. The molecule has 2 aromatic rings. The number of nitrogen functional groups attached to an aromatic ring is 1. The van der Waals surface area contributed by atoms with E-state index in [1.54, 1.807) is 0 Å². The molecule has 0 spiro atoms. The minimum absolute atomic E-state index is 0.435. The SMILES string of the molecule is CC1CCC(n2c(N)nc3cc(Br)cnc32)CC1C. The van der Waals surface area contributed by atoms with Crippen LogP contribution in [0, 0.1) is 11.8 Å². The van der Waals surface area contributed by atoms with Gasteiger partial charge in [-0.1, -0.05) is 13.8 Å². The number of halogens is 1. The van der Waals surface area contributed by atoms with Crippen LogP contribution in [0.4, 0.5) is 5.95 Å². The molecule has 0 aromatic carbocycles. The van der Waals surface area contributed by atoms with E-state index in [4.69, 9.17) is 5.73 Å². The summed E-state index contributed by atoms with van der Waals surface area (Å²) in [6.07, 6.45) is 5.39. The molecule has 2 aromatic heterocycles. The molecule has 2 N–H and O–H groups in total. The molecule has 3 rings (SSSR count). The Kier molecular flexibility index (Phi) is 3.25. The van der Waals surface area contributed by atoms with Gasteiger partial charge in [0.15, 0.2) is 5.65 Å². The fourth-order valence-electron chi connectivity index (χ4n) is 3.09. The summed E-state index contributed by atoms with van der Waals surface area (Å²) >= 11 is 3.43. The summed E-state index contributed by atoms with van der Waals surface area (Å²) in [5, 5.41) is 0. The van der Waals surface area contributed by atoms with Crippen molar-refractivity contribution in [2.45, 2.75) is 39.2 Å². The Labute approximate surface area is 121 Å². The first-order chi connectivity index (χ1) is 9.06. The highest BCUT2D eigenvalue weighted by atomic mass is 79.9. The monoisotopic (exact) mass is 322 g/mol. The normalized spacial score (nSPS) is 27.8. The van der Waals surface area contributed by atoms with Crippen LogP contribution in [-0.4, -0.2) is 14.5 Å². The molecular formula is C14H19BrN4. The van der Waals surface area contributed by atoms with Crippen molar-refractivity contribution in [1.82, 2.24) is 14.5 Å². The highest BCUT2D eigenvalue weighted by Gasteiger charge is 2.28. The molecule has 0 amide bonds. The number of anilines is 1. The van der Waals surface area contributed by atoms with Gasteiger partial charge in [0.1, 0.15) is 5.52 Å². The zero-order valence-corrected chi connectivity index (χ0v) is 12.9. The maximum Gasteiger partial charge on any atom is 0.202 e. The third-order valence-electron chi connectivity index (χ3n) is 4.46. The summed E-state index contributed by atoms with van der Waals surface area (Å²) < 4.78 is 3.07. The van der Waals surface area contributed by atoms with Gasteiger partial charge >= 0.3 is 0 Å². The molecule has 1 aliphatic rings. The zero-order chi connectivity index (χ0) is 13.6. The van der Waals surface area contributed by atoms with Crippen LogP contribution in [0.25, 0.3) is 11.2 Å². The molecule has 1 saturated carbocycles. The maximum absolute atomic E-state index is 6.11. The van der Waals surface area contributed by atoms with E-state index < -0.39 is 0 Å². The molecular weight excluding hydrogens is 304 g/mol. The molecule has 2 heterocycles. The second-order valence-corrected chi connectivity index (χ2v) is 6.67. The highest BCUT2D eigenvalue weighted by molar-refractivity contribution is 9.10. The van der Waals surface area contributed by atoms with Gasteiger partial charge < -0.3 is 5.73 Å². The van der Waals surface area contributed by atoms with Gasteiger partial charge in [-0.3, -0.25) is 4.57 Å². The number of imidazole rings is 1. The van der Waals surface area contributed by atoms with E-state index in [0.29, 0.717) is 12.0 Å². The third kappa shape index (κ3) is 2.24. The molecule has 102 valence electrons. The Hall–Kier alpha value is -1.10. The lowest BCUT2D eigenvalue weighted by molar-refractivity contribution is 0.214. The number of fused-ring (bicyclic) bond motifs is 1. The van der Waals surface area contributed by atoms with E-state index in [1.165, 1.54) is 12.8 Å². The van der Waals surface area contributed by atoms with Crippen LogP contribution >= 0.6 is 15.9 Å². The number of hydrogen-bond acceptors (Lipinski definition) is 3. The first-order valence-corrected chi connectivity index (χ1v) is 7.64. The van der Waals surface area contributed by atoms with Crippen LogP contribution in [-0.2, 0) is 0 Å². The minimum atomic E-state index is 0.435. The Bertz CT molecular complexity index is 607. The predicted molar refractivity (Wildman–Crippen MR) is 80.9 cm³/mol. The van der Waals surface area contributed by atoms with Crippen molar-refractivity contribution in [3.8, 4) is 0 Å². The van der Waals surface area contributed by atoms with Crippen molar-refractivity contribution in [2.75, 3.05) is 5.73 Å². The summed E-state index contributed by atoms with van der Waals surface area (Å²) in [5.41, 5.74) is 7.89. The molecule has 0 saturated heterocycles. The lowest BCUT2D eigenvalue weighted by Gasteiger charge is -2.33. The van der Waals surface area contributed by atoms with Gasteiger partial charge in [0.25, 0.3) is 0 Å². The van der Waals surface area contributed by atoms with Crippen LogP contribution in [0.3, 0.4) is 0 Å². The second-order valence-electron chi connectivity index (χ2n) is 5.76. The van der Waals surface area contributed by atoms with Gasteiger partial charge in [-0.15, -0.1) is 0 Å². The molecule has 5 heteroatoms. The highest BCUT2D eigenvalue weighted by Crippen LogP contribution is 2.38. The lowest BCUT2D eigenvalue weighted by atomic mass is 9.79. The largest absolute Gasteiger partial charge is 0.369 e. The number of rotatable bonds is 1. The van der Waals surface area contributed by atoms with Crippen LogP contribution in [0.15, 0.2) is 16.7 Å². The predicted octanol–water partition coefficient (Wildman–Crippen LogP) is 3.77. The molecule has 0 bridgehead atoms. The molecule has 0 aliphatic heterocycles. The number of aromatic nitrogens is 3. The Morgan fingerprint density at radius 1 is 1.32 bits per heavy atom. The van der Waals surface area contributed by atoms with Crippen molar-refractivity contribution >= 4 is 33.0 Å². The van der Waals surface area contributed by atoms with E-state index in [0.717, 1.165) is 33.9 Å². The third-order valence-corrected chi connectivity index (χ3v) is 4.89. The first-order valence-electron chi connectivity index (χ1n) is 6.85. The van der Waals surface area contributed by atoms with Crippen LogP contribution in [0.5, 0.6) is 0 Å². The molecule has 0 radical (unpaired) electrons.